The van der Waals surface area contributed by atoms with Crippen LogP contribution in [0.2, 0.25) is 0 Å². The maximum absolute atomic E-state index is 12.1. The Hall–Kier alpha value is -1.88. The lowest BCUT2D eigenvalue weighted by Crippen LogP contribution is -2.38. The van der Waals surface area contributed by atoms with E-state index < -0.39 is 0 Å². The van der Waals surface area contributed by atoms with Gasteiger partial charge >= 0.3 is 0 Å². The second kappa shape index (κ2) is 7.78. The highest BCUT2D eigenvalue weighted by Gasteiger charge is 2.20. The van der Waals surface area contributed by atoms with Crippen LogP contribution in [-0.4, -0.2) is 54.4 Å². The first kappa shape index (κ1) is 15.5. The Labute approximate surface area is 125 Å². The van der Waals surface area contributed by atoms with E-state index in [9.17, 15) is 9.59 Å². The maximum Gasteiger partial charge on any atom is 0.248 e. The highest BCUT2D eigenvalue weighted by Crippen LogP contribution is 2.05. The van der Waals surface area contributed by atoms with Crippen LogP contribution in [0.15, 0.2) is 30.3 Å². The Morgan fingerprint density at radius 3 is 2.43 bits per heavy atom. The molecule has 1 heterocycles. The quantitative estimate of drug-likeness (QED) is 0.839. The van der Waals surface area contributed by atoms with E-state index in [2.05, 4.69) is 0 Å². The van der Waals surface area contributed by atoms with E-state index in [0.29, 0.717) is 26.2 Å². The predicted molar refractivity (Wildman–Crippen MR) is 79.5 cm³/mol. The molecule has 0 unspecified atom stereocenters. The van der Waals surface area contributed by atoms with Gasteiger partial charge in [-0.3, -0.25) is 9.59 Å². The summed E-state index contributed by atoms with van der Waals surface area (Å²) in [6.45, 7) is 4.73. The summed E-state index contributed by atoms with van der Waals surface area (Å²) < 4.78 is 5.48. The van der Waals surface area contributed by atoms with Gasteiger partial charge in [0, 0.05) is 33.1 Å². The summed E-state index contributed by atoms with van der Waals surface area (Å²) in [4.78, 5) is 27.0. The lowest BCUT2D eigenvalue weighted by atomic mass is 10.2. The number of carbonyl (C=O) groups excluding carboxylic acids is 2. The van der Waals surface area contributed by atoms with Crippen LogP contribution in [-0.2, 0) is 20.9 Å². The zero-order chi connectivity index (χ0) is 15.1. The minimum atomic E-state index is -0.00340. The van der Waals surface area contributed by atoms with Crippen molar-refractivity contribution in [3.8, 4) is 0 Å². The smallest absolute Gasteiger partial charge is 0.248 e. The lowest BCUT2D eigenvalue weighted by molar-refractivity contribution is -0.137. The maximum atomic E-state index is 12.1. The molecule has 21 heavy (non-hydrogen) atoms. The number of hydrogen-bond donors (Lipinski definition) is 0. The molecular weight excluding hydrogens is 268 g/mol. The van der Waals surface area contributed by atoms with Gasteiger partial charge in [0.15, 0.2) is 0 Å². The normalized spacial score (nSPS) is 15.7. The van der Waals surface area contributed by atoms with Gasteiger partial charge in [-0.15, -0.1) is 0 Å². The van der Waals surface area contributed by atoms with Crippen LogP contribution in [0.25, 0.3) is 0 Å². The second-order valence-electron chi connectivity index (χ2n) is 5.22. The van der Waals surface area contributed by atoms with Gasteiger partial charge in [-0.05, 0) is 12.0 Å². The summed E-state index contributed by atoms with van der Waals surface area (Å²) in [7, 11) is 0. The minimum Gasteiger partial charge on any atom is -0.367 e. The van der Waals surface area contributed by atoms with Crippen molar-refractivity contribution in [3.63, 3.8) is 0 Å². The molecular formula is C16H22N2O3. The summed E-state index contributed by atoms with van der Waals surface area (Å²) in [5, 5.41) is 0. The molecule has 2 amide bonds. The number of ether oxygens (including phenoxy) is 1. The fourth-order valence-electron chi connectivity index (χ4n) is 2.40. The number of benzene rings is 1. The molecule has 1 aromatic rings. The molecule has 1 aliphatic heterocycles. The Bertz CT molecular complexity index is 476. The molecule has 0 saturated carbocycles. The van der Waals surface area contributed by atoms with Crippen LogP contribution in [0.5, 0.6) is 0 Å². The number of hydrogen-bond acceptors (Lipinski definition) is 3. The van der Waals surface area contributed by atoms with Gasteiger partial charge in [0.2, 0.25) is 11.8 Å². The van der Waals surface area contributed by atoms with Gasteiger partial charge in [0.05, 0.1) is 6.61 Å². The average molecular weight is 290 g/mol. The van der Waals surface area contributed by atoms with Crippen LogP contribution in [0.4, 0.5) is 0 Å². The van der Waals surface area contributed by atoms with Crippen LogP contribution in [0, 0.1) is 0 Å². The van der Waals surface area contributed by atoms with E-state index >= 15 is 0 Å². The van der Waals surface area contributed by atoms with E-state index in [4.69, 9.17) is 4.74 Å². The number of carbonyl (C=O) groups is 2. The molecule has 2 rings (SSSR count). The lowest BCUT2D eigenvalue weighted by Gasteiger charge is -2.21. The van der Waals surface area contributed by atoms with E-state index in [1.165, 1.54) is 0 Å². The molecule has 5 nitrogen and oxygen atoms in total. The van der Waals surface area contributed by atoms with E-state index in [1.807, 2.05) is 30.3 Å². The molecule has 1 aliphatic rings. The molecule has 0 N–H and O–H groups in total. The highest BCUT2D eigenvalue weighted by atomic mass is 16.5. The molecule has 0 bridgehead atoms. The molecule has 1 saturated heterocycles. The summed E-state index contributed by atoms with van der Waals surface area (Å²) in [5.41, 5.74) is 1.06. The van der Waals surface area contributed by atoms with Gasteiger partial charge in [-0.25, -0.2) is 0 Å². The van der Waals surface area contributed by atoms with Gasteiger partial charge < -0.3 is 14.5 Å². The van der Waals surface area contributed by atoms with Crippen molar-refractivity contribution in [1.29, 1.82) is 0 Å². The average Bonchev–Trinajstić information content (AvgIpc) is 2.74. The van der Waals surface area contributed by atoms with Crippen molar-refractivity contribution in [2.45, 2.75) is 20.0 Å². The number of rotatable bonds is 4. The largest absolute Gasteiger partial charge is 0.367 e. The van der Waals surface area contributed by atoms with Crippen molar-refractivity contribution >= 4 is 11.8 Å². The van der Waals surface area contributed by atoms with E-state index in [-0.39, 0.29) is 18.4 Å². The molecule has 1 aromatic carbocycles. The third-order valence-corrected chi connectivity index (χ3v) is 3.63. The first-order valence-electron chi connectivity index (χ1n) is 7.32. The van der Waals surface area contributed by atoms with Gasteiger partial charge in [-0.2, -0.15) is 0 Å². The fourth-order valence-corrected chi connectivity index (χ4v) is 2.40. The molecule has 0 aromatic heterocycles. The Balaban J connectivity index is 1.74. The third-order valence-electron chi connectivity index (χ3n) is 3.63. The molecule has 114 valence electrons. The first-order chi connectivity index (χ1) is 10.2. The zero-order valence-corrected chi connectivity index (χ0v) is 12.5. The van der Waals surface area contributed by atoms with E-state index in [1.54, 1.807) is 16.7 Å². The topological polar surface area (TPSA) is 49.9 Å². The Morgan fingerprint density at radius 2 is 1.71 bits per heavy atom. The standard InChI is InChI=1S/C16H22N2O3/c1-14(19)17-8-5-9-18(11-10-17)16(20)13-21-12-15-6-3-2-4-7-15/h2-4,6-7H,5,8-13H2,1H3. The Kier molecular flexibility index (Phi) is 5.75. The van der Waals surface area contributed by atoms with Gasteiger partial charge in [0.1, 0.15) is 6.61 Å². The van der Waals surface area contributed by atoms with Crippen LogP contribution < -0.4 is 0 Å². The predicted octanol–water partition coefficient (Wildman–Crippen LogP) is 1.28. The van der Waals surface area contributed by atoms with Crippen LogP contribution in [0.3, 0.4) is 0 Å². The molecule has 0 spiro atoms. The highest BCUT2D eigenvalue weighted by molar-refractivity contribution is 5.78. The minimum absolute atomic E-state index is 0.00340. The van der Waals surface area contributed by atoms with Gasteiger partial charge in [-0.1, -0.05) is 30.3 Å². The van der Waals surface area contributed by atoms with Crippen molar-refractivity contribution in [1.82, 2.24) is 9.80 Å². The third kappa shape index (κ3) is 4.86. The summed E-state index contributed by atoms with van der Waals surface area (Å²) in [5.74, 6) is 0.0703. The number of amides is 2. The monoisotopic (exact) mass is 290 g/mol. The molecule has 0 radical (unpaired) electrons. The summed E-state index contributed by atoms with van der Waals surface area (Å²) >= 11 is 0. The van der Waals surface area contributed by atoms with Crippen molar-refractivity contribution < 1.29 is 14.3 Å². The molecule has 5 heteroatoms. The molecule has 1 fully saturated rings. The fraction of sp³-hybridized carbons (Fsp3) is 0.500. The summed E-state index contributed by atoms with van der Waals surface area (Å²) in [6.07, 6.45) is 0.823. The Morgan fingerprint density at radius 1 is 1.05 bits per heavy atom. The molecule has 0 aliphatic carbocycles. The molecule has 0 atom stereocenters. The van der Waals surface area contributed by atoms with Crippen LogP contribution >= 0.6 is 0 Å². The van der Waals surface area contributed by atoms with Crippen LogP contribution in [0.1, 0.15) is 18.9 Å². The zero-order valence-electron chi connectivity index (χ0n) is 12.5. The second-order valence-corrected chi connectivity index (χ2v) is 5.22. The summed E-state index contributed by atoms with van der Waals surface area (Å²) in [6, 6.07) is 9.80. The van der Waals surface area contributed by atoms with Crippen molar-refractivity contribution in [2.75, 3.05) is 32.8 Å². The van der Waals surface area contributed by atoms with Crippen molar-refractivity contribution in [2.24, 2.45) is 0 Å². The van der Waals surface area contributed by atoms with E-state index in [0.717, 1.165) is 18.5 Å². The van der Waals surface area contributed by atoms with Gasteiger partial charge in [0.25, 0.3) is 0 Å². The SMILES string of the molecule is CC(=O)N1CCCN(C(=O)COCc2ccccc2)CC1. The first-order valence-corrected chi connectivity index (χ1v) is 7.32. The number of nitrogens with zero attached hydrogens (tertiary/aromatic N) is 2. The van der Waals surface area contributed by atoms with Crippen molar-refractivity contribution in [3.05, 3.63) is 35.9 Å².